The summed E-state index contributed by atoms with van der Waals surface area (Å²) in [5.74, 6) is 0.634. The first-order valence-corrected chi connectivity index (χ1v) is 9.92. The first-order chi connectivity index (χ1) is 13.6. The van der Waals surface area contributed by atoms with Crippen LogP contribution in [-0.2, 0) is 13.2 Å². The molecule has 0 saturated carbocycles. The van der Waals surface area contributed by atoms with Gasteiger partial charge in [0, 0.05) is 29.9 Å². The van der Waals surface area contributed by atoms with Crippen LogP contribution in [0.4, 0.5) is 0 Å². The second-order valence-corrected chi connectivity index (χ2v) is 7.70. The van der Waals surface area contributed by atoms with Gasteiger partial charge in [0.1, 0.15) is 18.0 Å². The lowest BCUT2D eigenvalue weighted by Crippen LogP contribution is -2.26. The molecule has 0 fully saturated rings. The highest BCUT2D eigenvalue weighted by Crippen LogP contribution is 2.20. The molecule has 3 heterocycles. The van der Waals surface area contributed by atoms with E-state index in [0.717, 1.165) is 11.3 Å². The number of ether oxygens (including phenoxy) is 1. The van der Waals surface area contributed by atoms with Crippen LogP contribution in [0, 0.1) is 6.92 Å². The molecule has 0 aliphatic rings. The molecule has 28 heavy (non-hydrogen) atoms. The molecule has 0 radical (unpaired) electrons. The Hall–Kier alpha value is -3.12. The van der Waals surface area contributed by atoms with E-state index in [-0.39, 0.29) is 5.91 Å². The molecule has 0 N–H and O–H groups in total. The molecule has 0 unspecified atom stereocenters. The van der Waals surface area contributed by atoms with E-state index < -0.39 is 0 Å². The van der Waals surface area contributed by atoms with Gasteiger partial charge < -0.3 is 14.0 Å². The standard InChI is InChI=1S/C22H21N3O2S/c1-16-9-11-28-20(16)14-24(2)22(26)17-6-5-7-19(12-17)27-15-18-13-25-10-4-3-8-21(25)23-18/h3-13H,14-15H2,1-2H3. The van der Waals surface area contributed by atoms with Crippen LogP contribution in [0.3, 0.4) is 0 Å². The molecule has 5 nitrogen and oxygen atoms in total. The lowest BCUT2D eigenvalue weighted by molar-refractivity contribution is 0.0786. The molecule has 0 atom stereocenters. The number of carbonyl (C=O) groups is 1. The Kier molecular flexibility index (Phi) is 5.12. The van der Waals surface area contributed by atoms with Crippen molar-refractivity contribution in [2.45, 2.75) is 20.1 Å². The number of pyridine rings is 1. The lowest BCUT2D eigenvalue weighted by atomic mass is 10.2. The van der Waals surface area contributed by atoms with Gasteiger partial charge in [-0.25, -0.2) is 4.98 Å². The zero-order valence-corrected chi connectivity index (χ0v) is 16.6. The molecule has 0 aliphatic heterocycles. The highest BCUT2D eigenvalue weighted by molar-refractivity contribution is 7.10. The maximum atomic E-state index is 12.8. The fourth-order valence-corrected chi connectivity index (χ4v) is 3.97. The summed E-state index contributed by atoms with van der Waals surface area (Å²) in [6, 6.07) is 15.2. The van der Waals surface area contributed by atoms with Crippen molar-refractivity contribution in [1.29, 1.82) is 0 Å². The minimum Gasteiger partial charge on any atom is -0.487 e. The number of thiophene rings is 1. The van der Waals surface area contributed by atoms with Crippen LogP contribution in [0.2, 0.25) is 0 Å². The summed E-state index contributed by atoms with van der Waals surface area (Å²) in [5, 5.41) is 2.05. The summed E-state index contributed by atoms with van der Waals surface area (Å²) in [4.78, 5) is 20.3. The molecule has 142 valence electrons. The summed E-state index contributed by atoms with van der Waals surface area (Å²) in [5.41, 5.74) is 3.56. The number of amides is 1. The SMILES string of the molecule is Cc1ccsc1CN(C)C(=O)c1cccc(OCc2cn3ccccc3n2)c1. The van der Waals surface area contributed by atoms with E-state index >= 15 is 0 Å². The first kappa shape index (κ1) is 18.3. The summed E-state index contributed by atoms with van der Waals surface area (Å²) >= 11 is 1.67. The molecule has 3 aromatic heterocycles. The highest BCUT2D eigenvalue weighted by Gasteiger charge is 2.14. The van der Waals surface area contributed by atoms with Gasteiger partial charge in [-0.15, -0.1) is 11.3 Å². The van der Waals surface area contributed by atoms with Gasteiger partial charge in [0.05, 0.1) is 12.2 Å². The monoisotopic (exact) mass is 391 g/mol. The van der Waals surface area contributed by atoms with Crippen LogP contribution in [0.25, 0.3) is 5.65 Å². The molecule has 6 heteroatoms. The normalized spacial score (nSPS) is 10.9. The van der Waals surface area contributed by atoms with Gasteiger partial charge in [-0.1, -0.05) is 12.1 Å². The molecule has 1 aromatic carbocycles. The van der Waals surface area contributed by atoms with Crippen molar-refractivity contribution in [2.24, 2.45) is 0 Å². The first-order valence-electron chi connectivity index (χ1n) is 9.04. The number of fused-ring (bicyclic) bond motifs is 1. The summed E-state index contributed by atoms with van der Waals surface area (Å²) in [6.07, 6.45) is 3.90. The average Bonchev–Trinajstić information content (AvgIpc) is 3.31. The van der Waals surface area contributed by atoms with Gasteiger partial charge in [0.2, 0.25) is 0 Å². The number of benzene rings is 1. The number of aryl methyl sites for hydroxylation is 1. The third-order valence-corrected chi connectivity index (χ3v) is 5.58. The quantitative estimate of drug-likeness (QED) is 0.484. The predicted molar refractivity (Wildman–Crippen MR) is 111 cm³/mol. The summed E-state index contributed by atoms with van der Waals surface area (Å²) < 4.78 is 7.83. The van der Waals surface area contributed by atoms with Crippen molar-refractivity contribution in [1.82, 2.24) is 14.3 Å². The van der Waals surface area contributed by atoms with Gasteiger partial charge in [0.25, 0.3) is 5.91 Å². The molecule has 0 spiro atoms. The summed E-state index contributed by atoms with van der Waals surface area (Å²) in [6.45, 7) is 3.02. The van der Waals surface area contributed by atoms with E-state index in [1.54, 1.807) is 22.3 Å². The Morgan fingerprint density at radius 3 is 2.89 bits per heavy atom. The number of hydrogen-bond donors (Lipinski definition) is 0. The van der Waals surface area contributed by atoms with E-state index in [9.17, 15) is 4.79 Å². The number of imidazole rings is 1. The lowest BCUT2D eigenvalue weighted by Gasteiger charge is -2.17. The molecular weight excluding hydrogens is 370 g/mol. The molecule has 0 saturated heterocycles. The van der Waals surface area contributed by atoms with Gasteiger partial charge in [-0.3, -0.25) is 4.79 Å². The van der Waals surface area contributed by atoms with Crippen LogP contribution in [0.15, 0.2) is 66.3 Å². The van der Waals surface area contributed by atoms with Crippen molar-refractivity contribution in [3.8, 4) is 5.75 Å². The Morgan fingerprint density at radius 1 is 1.21 bits per heavy atom. The average molecular weight is 391 g/mol. The minimum atomic E-state index is -0.0222. The largest absolute Gasteiger partial charge is 0.487 e. The molecule has 4 rings (SSSR count). The highest BCUT2D eigenvalue weighted by atomic mass is 32.1. The number of rotatable bonds is 6. The van der Waals surface area contributed by atoms with Gasteiger partial charge >= 0.3 is 0 Å². The van der Waals surface area contributed by atoms with E-state index in [4.69, 9.17) is 4.74 Å². The molecule has 0 aliphatic carbocycles. The van der Waals surface area contributed by atoms with E-state index in [0.29, 0.717) is 24.5 Å². The second-order valence-electron chi connectivity index (χ2n) is 6.70. The van der Waals surface area contributed by atoms with Crippen molar-refractivity contribution < 1.29 is 9.53 Å². The summed E-state index contributed by atoms with van der Waals surface area (Å²) in [7, 11) is 1.83. The van der Waals surface area contributed by atoms with Crippen LogP contribution in [-0.4, -0.2) is 27.2 Å². The number of carbonyl (C=O) groups excluding carboxylic acids is 1. The number of aromatic nitrogens is 2. The van der Waals surface area contributed by atoms with Crippen molar-refractivity contribution in [3.63, 3.8) is 0 Å². The topological polar surface area (TPSA) is 46.8 Å². The van der Waals surface area contributed by atoms with Crippen LogP contribution in [0.1, 0.15) is 26.5 Å². The van der Waals surface area contributed by atoms with Crippen molar-refractivity contribution >= 4 is 22.9 Å². The van der Waals surface area contributed by atoms with E-state index in [2.05, 4.69) is 23.4 Å². The van der Waals surface area contributed by atoms with Gasteiger partial charge in [-0.2, -0.15) is 0 Å². The van der Waals surface area contributed by atoms with Crippen molar-refractivity contribution in [3.05, 3.63) is 88.0 Å². The molecule has 4 aromatic rings. The zero-order valence-electron chi connectivity index (χ0n) is 15.8. The van der Waals surface area contributed by atoms with Gasteiger partial charge in [-0.05, 0) is 54.3 Å². The number of hydrogen-bond acceptors (Lipinski definition) is 4. The van der Waals surface area contributed by atoms with E-state index in [1.807, 2.05) is 60.2 Å². The van der Waals surface area contributed by atoms with Gasteiger partial charge in [0.15, 0.2) is 0 Å². The fourth-order valence-electron chi connectivity index (χ4n) is 3.01. The minimum absolute atomic E-state index is 0.0222. The maximum Gasteiger partial charge on any atom is 0.254 e. The predicted octanol–water partition coefficient (Wildman–Crippen LogP) is 4.56. The Labute approximate surface area is 167 Å². The molecule has 1 amide bonds. The Bertz CT molecular complexity index is 1080. The smallest absolute Gasteiger partial charge is 0.254 e. The van der Waals surface area contributed by atoms with Crippen LogP contribution >= 0.6 is 11.3 Å². The van der Waals surface area contributed by atoms with E-state index in [1.165, 1.54) is 10.4 Å². The Morgan fingerprint density at radius 2 is 2.11 bits per heavy atom. The second kappa shape index (κ2) is 7.86. The third-order valence-electron chi connectivity index (χ3n) is 4.58. The maximum absolute atomic E-state index is 12.8. The van der Waals surface area contributed by atoms with Crippen LogP contribution < -0.4 is 4.74 Å². The van der Waals surface area contributed by atoms with Crippen LogP contribution in [0.5, 0.6) is 5.75 Å². The number of nitrogens with zero attached hydrogens (tertiary/aromatic N) is 3. The molecule has 0 bridgehead atoms. The Balaban J connectivity index is 1.43. The molecular formula is C22H21N3O2S. The zero-order chi connectivity index (χ0) is 19.5. The van der Waals surface area contributed by atoms with Crippen molar-refractivity contribution in [2.75, 3.05) is 7.05 Å². The third kappa shape index (κ3) is 3.92. The fraction of sp³-hybridized carbons (Fsp3) is 0.182.